The molecule has 0 bridgehead atoms. The van der Waals surface area contributed by atoms with Crippen LogP contribution in [-0.2, 0) is 12.8 Å². The van der Waals surface area contributed by atoms with Gasteiger partial charge in [0.05, 0.1) is 0 Å². The fourth-order valence-corrected chi connectivity index (χ4v) is 2.06. The Balaban J connectivity index is 2.45. The summed E-state index contributed by atoms with van der Waals surface area (Å²) >= 11 is 0. The first-order valence-corrected chi connectivity index (χ1v) is 4.80. The molecule has 0 spiro atoms. The average molecular weight is 173 g/mol. The second-order valence-electron chi connectivity index (χ2n) is 3.69. The molecule has 2 N–H and O–H groups in total. The normalized spacial score (nSPS) is 20.8. The first kappa shape index (κ1) is 8.52. The summed E-state index contributed by atoms with van der Waals surface area (Å²) in [5.41, 5.74) is 10.1. The Labute approximate surface area is 79.3 Å². The molecule has 1 heteroatoms. The van der Waals surface area contributed by atoms with Crippen molar-refractivity contribution in [2.75, 3.05) is 0 Å². The van der Waals surface area contributed by atoms with Crippen molar-refractivity contribution in [1.82, 2.24) is 0 Å². The van der Waals surface area contributed by atoms with Crippen molar-refractivity contribution in [1.29, 1.82) is 0 Å². The first-order valence-electron chi connectivity index (χ1n) is 4.80. The van der Waals surface area contributed by atoms with E-state index in [0.29, 0.717) is 6.04 Å². The Morgan fingerprint density at radius 3 is 3.08 bits per heavy atom. The minimum atomic E-state index is 0.354. The molecule has 1 aromatic carbocycles. The molecule has 68 valence electrons. The molecule has 13 heavy (non-hydrogen) atoms. The largest absolute Gasteiger partial charge is 0.327 e. The molecule has 0 aromatic heterocycles. The van der Waals surface area contributed by atoms with Crippen molar-refractivity contribution in [3.05, 3.63) is 41.5 Å². The van der Waals surface area contributed by atoms with Crippen LogP contribution < -0.4 is 5.73 Å². The minimum Gasteiger partial charge on any atom is -0.327 e. The molecular weight excluding hydrogens is 158 g/mol. The van der Waals surface area contributed by atoms with Crippen molar-refractivity contribution in [3.63, 3.8) is 0 Å². The van der Waals surface area contributed by atoms with Crippen LogP contribution in [-0.4, -0.2) is 6.04 Å². The third-order valence-electron chi connectivity index (χ3n) is 2.78. The Morgan fingerprint density at radius 1 is 1.46 bits per heavy atom. The van der Waals surface area contributed by atoms with Crippen LogP contribution in [0.3, 0.4) is 0 Å². The molecule has 0 unspecified atom stereocenters. The highest BCUT2D eigenvalue weighted by Crippen LogP contribution is 2.24. The summed E-state index contributed by atoms with van der Waals surface area (Å²) in [5.74, 6) is 0. The Kier molecular flexibility index (Phi) is 2.19. The summed E-state index contributed by atoms with van der Waals surface area (Å²) < 4.78 is 0. The van der Waals surface area contributed by atoms with Gasteiger partial charge in [0.1, 0.15) is 0 Å². The van der Waals surface area contributed by atoms with Gasteiger partial charge in [0, 0.05) is 6.04 Å². The summed E-state index contributed by atoms with van der Waals surface area (Å²) in [6.07, 6.45) is 5.18. The van der Waals surface area contributed by atoms with Gasteiger partial charge in [-0.25, -0.2) is 0 Å². The van der Waals surface area contributed by atoms with E-state index in [9.17, 15) is 0 Å². The van der Waals surface area contributed by atoms with Crippen LogP contribution in [0, 0.1) is 0 Å². The molecule has 0 aliphatic heterocycles. The van der Waals surface area contributed by atoms with Crippen LogP contribution in [0.5, 0.6) is 0 Å². The highest BCUT2D eigenvalue weighted by molar-refractivity contribution is 5.55. The molecule has 1 aromatic rings. The number of benzene rings is 1. The topological polar surface area (TPSA) is 26.0 Å². The highest BCUT2D eigenvalue weighted by Gasteiger charge is 2.16. The zero-order valence-electron chi connectivity index (χ0n) is 7.79. The van der Waals surface area contributed by atoms with Gasteiger partial charge >= 0.3 is 0 Å². The summed E-state index contributed by atoms with van der Waals surface area (Å²) in [6, 6.07) is 6.75. The molecule has 0 saturated heterocycles. The second kappa shape index (κ2) is 3.35. The average Bonchev–Trinajstić information content (AvgIpc) is 2.16. The van der Waals surface area contributed by atoms with Crippen LogP contribution in [0.2, 0.25) is 0 Å². The van der Waals surface area contributed by atoms with Gasteiger partial charge in [0.2, 0.25) is 0 Å². The predicted octanol–water partition coefficient (Wildman–Crippen LogP) is 2.15. The zero-order chi connectivity index (χ0) is 9.26. The van der Waals surface area contributed by atoms with Crippen LogP contribution in [0.4, 0.5) is 0 Å². The third-order valence-corrected chi connectivity index (χ3v) is 2.78. The maximum absolute atomic E-state index is 5.92. The molecular formula is C12H15N. The number of hydrogen-bond acceptors (Lipinski definition) is 1. The predicted molar refractivity (Wildman–Crippen MR) is 56.5 cm³/mol. The quantitative estimate of drug-likeness (QED) is 0.692. The van der Waals surface area contributed by atoms with Crippen molar-refractivity contribution in [2.45, 2.75) is 25.3 Å². The van der Waals surface area contributed by atoms with Gasteiger partial charge in [0.25, 0.3) is 0 Å². The maximum Gasteiger partial charge on any atom is 0.00825 e. The van der Waals surface area contributed by atoms with Crippen molar-refractivity contribution < 1.29 is 0 Å². The Bertz CT molecular complexity index is 328. The van der Waals surface area contributed by atoms with E-state index in [1.165, 1.54) is 16.7 Å². The summed E-state index contributed by atoms with van der Waals surface area (Å²) in [7, 11) is 0. The van der Waals surface area contributed by atoms with Gasteiger partial charge in [-0.15, -0.1) is 0 Å². The molecule has 0 fully saturated rings. The number of hydrogen-bond donors (Lipinski definition) is 1. The zero-order valence-corrected chi connectivity index (χ0v) is 7.79. The van der Waals surface area contributed by atoms with Gasteiger partial charge in [-0.2, -0.15) is 0 Å². The fourth-order valence-electron chi connectivity index (χ4n) is 2.06. The maximum atomic E-state index is 5.92. The molecule has 1 atom stereocenters. The molecule has 1 aliphatic rings. The second-order valence-corrected chi connectivity index (χ2v) is 3.69. The van der Waals surface area contributed by atoms with E-state index in [1.54, 1.807) is 0 Å². The molecule has 0 heterocycles. The van der Waals surface area contributed by atoms with Crippen LogP contribution >= 0.6 is 0 Å². The molecule has 0 amide bonds. The van der Waals surface area contributed by atoms with Crippen LogP contribution in [0.15, 0.2) is 24.8 Å². The van der Waals surface area contributed by atoms with Gasteiger partial charge in [0.15, 0.2) is 0 Å². The lowest BCUT2D eigenvalue weighted by Gasteiger charge is -2.22. The van der Waals surface area contributed by atoms with Crippen LogP contribution in [0.1, 0.15) is 23.1 Å². The fraction of sp³-hybridized carbons (Fsp3) is 0.333. The van der Waals surface area contributed by atoms with Gasteiger partial charge < -0.3 is 5.73 Å². The minimum absolute atomic E-state index is 0.354. The molecule has 0 radical (unpaired) electrons. The lowest BCUT2D eigenvalue weighted by Crippen LogP contribution is -2.28. The Morgan fingerprint density at radius 2 is 2.31 bits per heavy atom. The van der Waals surface area contributed by atoms with E-state index in [2.05, 4.69) is 24.8 Å². The number of rotatable bonds is 1. The number of fused-ring (bicyclic) bond motifs is 1. The summed E-state index contributed by atoms with van der Waals surface area (Å²) in [4.78, 5) is 0. The number of nitrogens with two attached hydrogens (primary N) is 1. The third kappa shape index (κ3) is 1.52. The van der Waals surface area contributed by atoms with E-state index >= 15 is 0 Å². The molecule has 2 rings (SSSR count). The molecule has 1 aliphatic carbocycles. The lowest BCUT2D eigenvalue weighted by molar-refractivity contribution is 0.576. The highest BCUT2D eigenvalue weighted by atomic mass is 14.6. The van der Waals surface area contributed by atoms with Crippen LogP contribution in [0.25, 0.3) is 6.08 Å². The standard InChI is InChI=1S/C12H15N/c1-2-9-4-3-5-10-8-11(13)6-7-12(9)10/h2-5,11H,1,6-8,13H2/t11-/m1/s1. The van der Waals surface area contributed by atoms with Crippen molar-refractivity contribution in [3.8, 4) is 0 Å². The van der Waals surface area contributed by atoms with E-state index in [0.717, 1.165) is 19.3 Å². The van der Waals surface area contributed by atoms with Gasteiger partial charge in [-0.05, 0) is 36.0 Å². The van der Waals surface area contributed by atoms with Gasteiger partial charge in [-0.1, -0.05) is 30.9 Å². The SMILES string of the molecule is C=Cc1cccc2c1CC[C@@H](N)C2. The smallest absolute Gasteiger partial charge is 0.00825 e. The van der Waals surface area contributed by atoms with Crippen molar-refractivity contribution >= 4 is 6.08 Å². The molecule has 1 nitrogen and oxygen atoms in total. The van der Waals surface area contributed by atoms with E-state index < -0.39 is 0 Å². The summed E-state index contributed by atoms with van der Waals surface area (Å²) in [5, 5.41) is 0. The Hall–Kier alpha value is -1.08. The van der Waals surface area contributed by atoms with Crippen molar-refractivity contribution in [2.24, 2.45) is 5.73 Å². The first-order chi connectivity index (χ1) is 6.31. The summed E-state index contributed by atoms with van der Waals surface area (Å²) in [6.45, 7) is 3.83. The van der Waals surface area contributed by atoms with E-state index in [1.807, 2.05) is 6.08 Å². The monoisotopic (exact) mass is 173 g/mol. The van der Waals surface area contributed by atoms with E-state index in [4.69, 9.17) is 5.73 Å². The molecule has 0 saturated carbocycles. The van der Waals surface area contributed by atoms with E-state index in [-0.39, 0.29) is 0 Å². The lowest BCUT2D eigenvalue weighted by atomic mass is 9.86. The van der Waals surface area contributed by atoms with Gasteiger partial charge in [-0.3, -0.25) is 0 Å².